The van der Waals surface area contributed by atoms with Gasteiger partial charge >= 0.3 is 5.69 Å². The summed E-state index contributed by atoms with van der Waals surface area (Å²) in [6, 6.07) is 16.1. The molecule has 0 unspecified atom stereocenters. The van der Waals surface area contributed by atoms with Crippen molar-refractivity contribution in [2.75, 3.05) is 18.9 Å². The number of ether oxygens (including phenoxy) is 1. The van der Waals surface area contributed by atoms with Crippen molar-refractivity contribution in [3.63, 3.8) is 0 Å². The Bertz CT molecular complexity index is 679. The van der Waals surface area contributed by atoms with Crippen LogP contribution in [-0.2, 0) is 10.5 Å². The molecule has 0 aromatic heterocycles. The Labute approximate surface area is 144 Å². The number of benzene rings is 2. The summed E-state index contributed by atoms with van der Waals surface area (Å²) in [6.07, 6.45) is 0. The predicted octanol–water partition coefficient (Wildman–Crippen LogP) is 3.02. The number of thioether (sulfide) groups is 1. The Morgan fingerprint density at radius 3 is 2.58 bits per heavy atom. The average molecular weight is 346 g/mol. The van der Waals surface area contributed by atoms with Gasteiger partial charge in [-0.15, -0.1) is 0 Å². The number of hydrogen-bond acceptors (Lipinski definition) is 5. The van der Waals surface area contributed by atoms with E-state index in [1.54, 1.807) is 23.9 Å². The molecule has 0 atom stereocenters. The highest BCUT2D eigenvalue weighted by Gasteiger charge is 2.14. The van der Waals surface area contributed by atoms with Gasteiger partial charge in [0.2, 0.25) is 0 Å². The first-order chi connectivity index (χ1) is 11.7. The molecule has 2 aromatic rings. The van der Waals surface area contributed by atoms with Crippen molar-refractivity contribution in [3.8, 4) is 5.75 Å². The summed E-state index contributed by atoms with van der Waals surface area (Å²) in [5, 5.41) is 13.6. The maximum absolute atomic E-state index is 11.7. The number of rotatable bonds is 9. The Hall–Kier alpha value is -2.54. The lowest BCUT2D eigenvalue weighted by Gasteiger charge is -2.07. The smallest absolute Gasteiger partial charge is 0.310 e. The van der Waals surface area contributed by atoms with Gasteiger partial charge in [0.15, 0.2) is 12.4 Å². The second-order valence-electron chi connectivity index (χ2n) is 4.90. The quantitative estimate of drug-likeness (QED) is 0.429. The SMILES string of the molecule is O=C(COc1ccccc1[N+](=O)[O-])NCCSCc1ccccc1. The van der Waals surface area contributed by atoms with Crippen molar-refractivity contribution in [1.29, 1.82) is 0 Å². The minimum atomic E-state index is -0.534. The summed E-state index contributed by atoms with van der Waals surface area (Å²) in [6.45, 7) is 0.283. The van der Waals surface area contributed by atoms with Gasteiger partial charge in [0.25, 0.3) is 5.91 Å². The second kappa shape index (κ2) is 9.57. The highest BCUT2D eigenvalue weighted by Crippen LogP contribution is 2.25. The van der Waals surface area contributed by atoms with Crippen LogP contribution in [0.25, 0.3) is 0 Å². The van der Waals surface area contributed by atoms with Gasteiger partial charge in [-0.25, -0.2) is 0 Å². The van der Waals surface area contributed by atoms with Crippen LogP contribution >= 0.6 is 11.8 Å². The summed E-state index contributed by atoms with van der Waals surface area (Å²) in [7, 11) is 0. The highest BCUT2D eigenvalue weighted by atomic mass is 32.2. The van der Waals surface area contributed by atoms with E-state index in [-0.39, 0.29) is 24.0 Å². The molecule has 24 heavy (non-hydrogen) atoms. The third-order valence-corrected chi connectivity index (χ3v) is 4.13. The second-order valence-corrected chi connectivity index (χ2v) is 6.01. The molecule has 1 N–H and O–H groups in total. The zero-order chi connectivity index (χ0) is 17.2. The molecule has 2 aromatic carbocycles. The maximum atomic E-state index is 11.7. The van der Waals surface area contributed by atoms with Crippen LogP contribution < -0.4 is 10.1 Å². The third kappa shape index (κ3) is 5.92. The fourth-order valence-electron chi connectivity index (χ4n) is 1.95. The molecular weight excluding hydrogens is 328 g/mol. The van der Waals surface area contributed by atoms with E-state index in [9.17, 15) is 14.9 Å². The molecule has 126 valence electrons. The number of nitrogens with one attached hydrogen (secondary N) is 1. The number of nitro groups is 1. The lowest BCUT2D eigenvalue weighted by molar-refractivity contribution is -0.385. The maximum Gasteiger partial charge on any atom is 0.310 e. The summed E-state index contributed by atoms with van der Waals surface area (Å²) < 4.78 is 5.23. The number of nitro benzene ring substituents is 1. The van der Waals surface area contributed by atoms with Gasteiger partial charge in [-0.2, -0.15) is 11.8 Å². The van der Waals surface area contributed by atoms with Crippen LogP contribution in [0.5, 0.6) is 5.75 Å². The van der Waals surface area contributed by atoms with Crippen molar-refractivity contribution in [3.05, 3.63) is 70.3 Å². The van der Waals surface area contributed by atoms with E-state index in [1.807, 2.05) is 18.2 Å². The zero-order valence-electron chi connectivity index (χ0n) is 13.0. The van der Waals surface area contributed by atoms with E-state index in [2.05, 4.69) is 17.4 Å². The van der Waals surface area contributed by atoms with Gasteiger partial charge in [-0.3, -0.25) is 14.9 Å². The number of carbonyl (C=O) groups excluding carboxylic acids is 1. The minimum absolute atomic E-state index is 0.0936. The Morgan fingerprint density at radius 2 is 1.83 bits per heavy atom. The predicted molar refractivity (Wildman–Crippen MR) is 94.2 cm³/mol. The van der Waals surface area contributed by atoms with E-state index in [0.29, 0.717) is 6.54 Å². The molecule has 0 saturated heterocycles. The van der Waals surface area contributed by atoms with Gasteiger partial charge in [0, 0.05) is 24.1 Å². The number of amides is 1. The molecule has 6 nitrogen and oxygen atoms in total. The lowest BCUT2D eigenvalue weighted by atomic mass is 10.2. The van der Waals surface area contributed by atoms with E-state index in [1.165, 1.54) is 17.7 Å². The summed E-state index contributed by atoms with van der Waals surface area (Å²) >= 11 is 1.72. The fourth-order valence-corrected chi connectivity index (χ4v) is 2.77. The minimum Gasteiger partial charge on any atom is -0.477 e. The topological polar surface area (TPSA) is 81.5 Å². The van der Waals surface area contributed by atoms with Gasteiger partial charge < -0.3 is 10.1 Å². The number of para-hydroxylation sites is 2. The largest absolute Gasteiger partial charge is 0.477 e. The van der Waals surface area contributed by atoms with Crippen LogP contribution in [0.15, 0.2) is 54.6 Å². The molecule has 0 fully saturated rings. The van der Waals surface area contributed by atoms with Crippen molar-refractivity contribution < 1.29 is 14.5 Å². The van der Waals surface area contributed by atoms with Crippen LogP contribution in [0.2, 0.25) is 0 Å². The first-order valence-corrected chi connectivity index (χ1v) is 8.57. The van der Waals surface area contributed by atoms with E-state index in [0.717, 1.165) is 11.5 Å². The van der Waals surface area contributed by atoms with Gasteiger partial charge in [-0.1, -0.05) is 42.5 Å². The fraction of sp³-hybridized carbons (Fsp3) is 0.235. The molecule has 0 aliphatic heterocycles. The zero-order valence-corrected chi connectivity index (χ0v) is 13.8. The van der Waals surface area contributed by atoms with E-state index < -0.39 is 4.92 Å². The Balaban J connectivity index is 1.64. The molecule has 0 spiro atoms. The third-order valence-electron chi connectivity index (χ3n) is 3.10. The molecule has 1 amide bonds. The van der Waals surface area contributed by atoms with E-state index >= 15 is 0 Å². The van der Waals surface area contributed by atoms with Gasteiger partial charge in [0.1, 0.15) is 0 Å². The standard InChI is InChI=1S/C17H18N2O4S/c20-17(12-23-16-9-5-4-8-15(16)19(21)22)18-10-11-24-13-14-6-2-1-3-7-14/h1-9H,10-13H2,(H,18,20). The van der Waals surface area contributed by atoms with Crippen LogP contribution in [0.1, 0.15) is 5.56 Å². The number of carbonyl (C=O) groups is 1. The Morgan fingerprint density at radius 1 is 1.12 bits per heavy atom. The number of nitrogens with zero attached hydrogens (tertiary/aromatic N) is 1. The first-order valence-electron chi connectivity index (χ1n) is 7.41. The average Bonchev–Trinajstić information content (AvgIpc) is 2.60. The normalized spacial score (nSPS) is 10.2. The molecule has 0 saturated carbocycles. The molecular formula is C17H18N2O4S. The molecule has 0 heterocycles. The van der Waals surface area contributed by atoms with Crippen LogP contribution in [0.3, 0.4) is 0 Å². The molecule has 0 aliphatic rings. The van der Waals surface area contributed by atoms with Crippen molar-refractivity contribution in [2.24, 2.45) is 0 Å². The monoisotopic (exact) mass is 346 g/mol. The lowest BCUT2D eigenvalue weighted by Crippen LogP contribution is -2.30. The first kappa shape index (κ1) is 17.8. The molecule has 0 aliphatic carbocycles. The van der Waals surface area contributed by atoms with Gasteiger partial charge in [-0.05, 0) is 11.6 Å². The van der Waals surface area contributed by atoms with Crippen LogP contribution in [0, 0.1) is 10.1 Å². The van der Waals surface area contributed by atoms with Crippen LogP contribution in [0.4, 0.5) is 5.69 Å². The van der Waals surface area contributed by atoms with Crippen molar-refractivity contribution in [1.82, 2.24) is 5.32 Å². The number of hydrogen-bond donors (Lipinski definition) is 1. The Kier molecular flexibility index (Phi) is 7.10. The molecule has 7 heteroatoms. The molecule has 2 rings (SSSR count). The summed E-state index contributed by atoms with van der Waals surface area (Å²) in [5.41, 5.74) is 1.09. The molecule has 0 bridgehead atoms. The summed E-state index contributed by atoms with van der Waals surface area (Å²) in [4.78, 5) is 22.0. The van der Waals surface area contributed by atoms with Crippen molar-refractivity contribution in [2.45, 2.75) is 5.75 Å². The van der Waals surface area contributed by atoms with E-state index in [4.69, 9.17) is 4.74 Å². The van der Waals surface area contributed by atoms with Crippen LogP contribution in [-0.4, -0.2) is 29.7 Å². The van der Waals surface area contributed by atoms with Gasteiger partial charge in [0.05, 0.1) is 4.92 Å². The van der Waals surface area contributed by atoms with Crippen molar-refractivity contribution >= 4 is 23.4 Å². The molecule has 0 radical (unpaired) electrons. The summed E-state index contributed by atoms with van der Waals surface area (Å²) in [5.74, 6) is 1.47. The highest BCUT2D eigenvalue weighted by molar-refractivity contribution is 7.98.